The van der Waals surface area contributed by atoms with E-state index >= 15 is 0 Å². The van der Waals surface area contributed by atoms with Gasteiger partial charge in [-0.25, -0.2) is 12.7 Å². The summed E-state index contributed by atoms with van der Waals surface area (Å²) in [4.78, 5) is 0.320. The van der Waals surface area contributed by atoms with E-state index in [1.54, 1.807) is 26.1 Å². The van der Waals surface area contributed by atoms with Crippen LogP contribution in [0.15, 0.2) is 23.1 Å². The summed E-state index contributed by atoms with van der Waals surface area (Å²) in [5.74, 6) is 0.538. The van der Waals surface area contributed by atoms with Crippen molar-refractivity contribution in [2.75, 3.05) is 19.3 Å². The highest BCUT2D eigenvalue weighted by atomic mass is 32.2. The lowest BCUT2D eigenvalue weighted by Crippen LogP contribution is -2.29. The maximum Gasteiger partial charge on any atom is 0.243 e. The van der Waals surface area contributed by atoms with Crippen LogP contribution in [-0.2, 0) is 10.0 Å². The van der Waals surface area contributed by atoms with Gasteiger partial charge in [-0.2, -0.15) is 0 Å². The van der Waals surface area contributed by atoms with E-state index in [4.69, 9.17) is 5.73 Å². The Bertz CT molecular complexity index is 521. The highest BCUT2D eigenvalue weighted by Crippen LogP contribution is 2.31. The molecule has 0 amide bonds. The molecule has 1 aromatic rings. The summed E-state index contributed by atoms with van der Waals surface area (Å²) in [7, 11) is -1.76. The Morgan fingerprint density at radius 3 is 2.65 bits per heavy atom. The minimum absolute atomic E-state index is 0.320. The fourth-order valence-electron chi connectivity index (χ4n) is 1.82. The number of benzene rings is 1. The molecule has 0 aromatic heterocycles. The van der Waals surface area contributed by atoms with Crippen LogP contribution in [0, 0.1) is 12.8 Å². The number of hydrogen-bond donors (Lipinski definition) is 1. The molecular weight excluding hydrogens is 236 g/mol. The first-order valence-corrected chi connectivity index (χ1v) is 7.17. The summed E-state index contributed by atoms with van der Waals surface area (Å²) in [6.07, 6.45) is 2.27. The third-order valence-electron chi connectivity index (χ3n) is 3.11. The lowest BCUT2D eigenvalue weighted by molar-refractivity contribution is 0.452. The van der Waals surface area contributed by atoms with Crippen LogP contribution < -0.4 is 5.73 Å². The maximum atomic E-state index is 12.3. The zero-order chi connectivity index (χ0) is 12.6. The Morgan fingerprint density at radius 1 is 1.41 bits per heavy atom. The molecule has 1 aliphatic rings. The molecule has 0 heterocycles. The van der Waals surface area contributed by atoms with Crippen LogP contribution >= 0.6 is 0 Å². The van der Waals surface area contributed by atoms with Gasteiger partial charge in [0.25, 0.3) is 0 Å². The van der Waals surface area contributed by atoms with Crippen molar-refractivity contribution in [3.63, 3.8) is 0 Å². The first-order chi connectivity index (χ1) is 7.91. The molecule has 1 aliphatic carbocycles. The minimum atomic E-state index is -3.39. The molecule has 0 bridgehead atoms. The van der Waals surface area contributed by atoms with Gasteiger partial charge in [-0.05, 0) is 43.4 Å². The molecule has 0 aliphatic heterocycles. The van der Waals surface area contributed by atoms with E-state index in [1.807, 2.05) is 0 Å². The van der Waals surface area contributed by atoms with Crippen LogP contribution in [0.3, 0.4) is 0 Å². The van der Waals surface area contributed by atoms with Crippen molar-refractivity contribution in [3.8, 4) is 0 Å². The van der Waals surface area contributed by atoms with Crippen LogP contribution in [0.2, 0.25) is 0 Å². The molecule has 2 N–H and O–H groups in total. The van der Waals surface area contributed by atoms with Gasteiger partial charge in [0.15, 0.2) is 0 Å². The third kappa shape index (κ3) is 2.61. The summed E-state index contributed by atoms with van der Waals surface area (Å²) < 4.78 is 26.1. The Kier molecular flexibility index (Phi) is 3.14. The van der Waals surface area contributed by atoms with E-state index in [0.29, 0.717) is 23.0 Å². The third-order valence-corrected chi connectivity index (χ3v) is 5.08. The predicted molar refractivity (Wildman–Crippen MR) is 68.1 cm³/mol. The van der Waals surface area contributed by atoms with Gasteiger partial charge in [-0.1, -0.05) is 6.07 Å². The lowest BCUT2D eigenvalue weighted by atomic mass is 10.2. The maximum absolute atomic E-state index is 12.3. The molecule has 0 saturated heterocycles. The molecule has 0 spiro atoms. The molecule has 4 nitrogen and oxygen atoms in total. The first-order valence-electron chi connectivity index (χ1n) is 5.73. The monoisotopic (exact) mass is 254 g/mol. The Balaban J connectivity index is 2.32. The van der Waals surface area contributed by atoms with Crippen LogP contribution in [0.5, 0.6) is 0 Å². The quantitative estimate of drug-likeness (QED) is 0.830. The number of aryl methyl sites for hydroxylation is 1. The minimum Gasteiger partial charge on any atom is -0.399 e. The highest BCUT2D eigenvalue weighted by Gasteiger charge is 2.29. The summed E-state index contributed by atoms with van der Waals surface area (Å²) in [6, 6.07) is 5.00. The summed E-state index contributed by atoms with van der Waals surface area (Å²) in [5.41, 5.74) is 6.87. The largest absolute Gasteiger partial charge is 0.399 e. The molecule has 17 heavy (non-hydrogen) atoms. The number of nitrogens with two attached hydrogens (primary N) is 1. The van der Waals surface area contributed by atoms with Crippen molar-refractivity contribution >= 4 is 15.7 Å². The number of rotatable bonds is 4. The number of nitrogen functional groups attached to an aromatic ring is 1. The van der Waals surface area contributed by atoms with E-state index in [9.17, 15) is 8.42 Å². The summed E-state index contributed by atoms with van der Waals surface area (Å²) >= 11 is 0. The van der Waals surface area contributed by atoms with Crippen molar-refractivity contribution in [2.24, 2.45) is 5.92 Å². The first kappa shape index (κ1) is 12.4. The zero-order valence-electron chi connectivity index (χ0n) is 10.2. The molecule has 0 atom stereocenters. The van der Waals surface area contributed by atoms with Crippen LogP contribution in [0.1, 0.15) is 18.4 Å². The van der Waals surface area contributed by atoms with Gasteiger partial charge in [0.05, 0.1) is 4.90 Å². The van der Waals surface area contributed by atoms with E-state index in [2.05, 4.69) is 0 Å². The van der Waals surface area contributed by atoms with Crippen molar-refractivity contribution < 1.29 is 8.42 Å². The average molecular weight is 254 g/mol. The normalized spacial score (nSPS) is 16.4. The van der Waals surface area contributed by atoms with Crippen LogP contribution in [0.25, 0.3) is 0 Å². The van der Waals surface area contributed by atoms with Gasteiger partial charge in [0.2, 0.25) is 10.0 Å². The molecule has 0 radical (unpaired) electrons. The molecular formula is C12H18N2O2S. The van der Waals surface area contributed by atoms with E-state index in [0.717, 1.165) is 18.4 Å². The van der Waals surface area contributed by atoms with Crippen LogP contribution in [0.4, 0.5) is 5.69 Å². The lowest BCUT2D eigenvalue weighted by Gasteiger charge is -2.18. The fraction of sp³-hybridized carbons (Fsp3) is 0.500. The molecule has 1 fully saturated rings. The second-order valence-corrected chi connectivity index (χ2v) is 6.77. The molecule has 1 saturated carbocycles. The second kappa shape index (κ2) is 4.31. The highest BCUT2D eigenvalue weighted by molar-refractivity contribution is 7.89. The number of anilines is 1. The zero-order valence-corrected chi connectivity index (χ0v) is 11.0. The van der Waals surface area contributed by atoms with Gasteiger partial charge >= 0.3 is 0 Å². The Labute approximate surface area is 102 Å². The van der Waals surface area contributed by atoms with Crippen LogP contribution in [-0.4, -0.2) is 26.3 Å². The van der Waals surface area contributed by atoms with Gasteiger partial charge in [0, 0.05) is 19.3 Å². The predicted octanol–water partition coefficient (Wildman–Crippen LogP) is 1.61. The topological polar surface area (TPSA) is 63.4 Å². The van der Waals surface area contributed by atoms with Crippen molar-refractivity contribution in [3.05, 3.63) is 23.8 Å². The van der Waals surface area contributed by atoms with Crippen molar-refractivity contribution in [1.29, 1.82) is 0 Å². The molecule has 5 heteroatoms. The van der Waals surface area contributed by atoms with Crippen molar-refractivity contribution in [2.45, 2.75) is 24.7 Å². The van der Waals surface area contributed by atoms with E-state index < -0.39 is 10.0 Å². The van der Waals surface area contributed by atoms with Crippen molar-refractivity contribution in [1.82, 2.24) is 4.31 Å². The number of hydrogen-bond acceptors (Lipinski definition) is 3. The number of nitrogens with zero attached hydrogens (tertiary/aromatic N) is 1. The van der Waals surface area contributed by atoms with E-state index in [1.165, 1.54) is 10.4 Å². The van der Waals surface area contributed by atoms with Gasteiger partial charge < -0.3 is 5.73 Å². The Morgan fingerprint density at radius 2 is 2.06 bits per heavy atom. The van der Waals surface area contributed by atoms with E-state index in [-0.39, 0.29) is 0 Å². The smallest absolute Gasteiger partial charge is 0.243 e. The Hall–Kier alpha value is -1.07. The number of sulfonamides is 1. The molecule has 94 valence electrons. The SMILES string of the molecule is Cc1ccc(N)cc1S(=O)(=O)N(C)CC1CC1. The van der Waals surface area contributed by atoms with Gasteiger partial charge in [0.1, 0.15) is 0 Å². The average Bonchev–Trinajstić information content (AvgIpc) is 3.05. The summed E-state index contributed by atoms with van der Waals surface area (Å²) in [6.45, 7) is 2.40. The molecule has 1 aromatic carbocycles. The molecule has 0 unspecified atom stereocenters. The van der Waals surface area contributed by atoms with Gasteiger partial charge in [-0.3, -0.25) is 0 Å². The fourth-order valence-corrected chi connectivity index (χ4v) is 3.33. The second-order valence-electron chi connectivity index (χ2n) is 4.75. The van der Waals surface area contributed by atoms with Gasteiger partial charge in [-0.15, -0.1) is 0 Å². The molecule has 2 rings (SSSR count). The standard InChI is InChI=1S/C12H18N2O2S/c1-9-3-6-11(13)7-12(9)17(15,16)14(2)8-10-4-5-10/h3,6-7,10H,4-5,8,13H2,1-2H3. The summed E-state index contributed by atoms with van der Waals surface area (Å²) in [5, 5.41) is 0.